The van der Waals surface area contributed by atoms with Gasteiger partial charge in [-0.05, 0) is 12.1 Å². The van der Waals surface area contributed by atoms with Gasteiger partial charge in [0.05, 0.1) is 10.5 Å². The quantitative estimate of drug-likeness (QED) is 0.809. The van der Waals surface area contributed by atoms with Crippen LogP contribution in [0.1, 0.15) is 27.2 Å². The zero-order chi connectivity index (χ0) is 13.3. The summed E-state index contributed by atoms with van der Waals surface area (Å²) >= 11 is 6.20. The Morgan fingerprint density at radius 1 is 1.28 bits per heavy atom. The molecular weight excluding hydrogens is 246 g/mol. The van der Waals surface area contributed by atoms with E-state index in [0.717, 1.165) is 15.9 Å². The predicted molar refractivity (Wildman–Crippen MR) is 76.0 cm³/mol. The molecule has 0 N–H and O–H groups in total. The Labute approximate surface area is 113 Å². The third kappa shape index (κ3) is 2.59. The number of hydrogen-bond donors (Lipinski definition) is 0. The molecule has 3 heteroatoms. The van der Waals surface area contributed by atoms with Gasteiger partial charge in [0.2, 0.25) is 0 Å². The second-order valence-corrected chi connectivity index (χ2v) is 6.02. The summed E-state index contributed by atoms with van der Waals surface area (Å²) in [5.41, 5.74) is 0.744. The lowest BCUT2D eigenvalue weighted by Gasteiger charge is -2.16. The van der Waals surface area contributed by atoms with Gasteiger partial charge >= 0.3 is 0 Å². The molecule has 2 nitrogen and oxygen atoms in total. The molecule has 0 atom stereocenters. The van der Waals surface area contributed by atoms with Crippen LogP contribution in [0.5, 0.6) is 0 Å². The van der Waals surface area contributed by atoms with Crippen molar-refractivity contribution in [2.24, 2.45) is 5.41 Å². The summed E-state index contributed by atoms with van der Waals surface area (Å²) < 4.78 is 2.06. The number of carbonyl (C=O) groups is 1. The minimum Gasteiger partial charge on any atom is -0.346 e. The van der Waals surface area contributed by atoms with E-state index in [-0.39, 0.29) is 11.2 Å². The highest BCUT2D eigenvalue weighted by molar-refractivity contribution is 6.35. The van der Waals surface area contributed by atoms with Crippen LogP contribution < -0.4 is 0 Å². The van der Waals surface area contributed by atoms with E-state index in [1.807, 2.05) is 51.2 Å². The van der Waals surface area contributed by atoms with E-state index in [2.05, 4.69) is 4.57 Å². The predicted octanol–water partition coefficient (Wildman–Crippen LogP) is 4.30. The van der Waals surface area contributed by atoms with E-state index in [0.29, 0.717) is 13.0 Å². The number of benzene rings is 1. The number of fused-ring (bicyclic) bond motifs is 1. The van der Waals surface area contributed by atoms with Gasteiger partial charge in [0.15, 0.2) is 0 Å². The average Bonchev–Trinajstić information content (AvgIpc) is 2.69. The van der Waals surface area contributed by atoms with Gasteiger partial charge in [0, 0.05) is 30.0 Å². The number of aryl methyl sites for hydroxylation is 1. The van der Waals surface area contributed by atoms with Gasteiger partial charge < -0.3 is 4.57 Å². The van der Waals surface area contributed by atoms with Crippen molar-refractivity contribution in [3.8, 4) is 0 Å². The maximum Gasteiger partial charge on any atom is 0.139 e. The van der Waals surface area contributed by atoms with Gasteiger partial charge in [0.1, 0.15) is 5.78 Å². The number of ketones is 1. The SMILES string of the molecule is CC(C)(C)C(=O)CCn1ccc2cccc(Cl)c21. The highest BCUT2D eigenvalue weighted by Crippen LogP contribution is 2.25. The molecule has 0 aliphatic heterocycles. The molecule has 0 radical (unpaired) electrons. The second kappa shape index (κ2) is 4.77. The van der Waals surface area contributed by atoms with E-state index >= 15 is 0 Å². The normalized spacial score (nSPS) is 12.0. The van der Waals surface area contributed by atoms with Gasteiger partial charge in [-0.3, -0.25) is 4.79 Å². The maximum absolute atomic E-state index is 11.9. The number of nitrogens with zero attached hydrogens (tertiary/aromatic N) is 1. The number of para-hydroxylation sites is 1. The molecule has 2 aromatic rings. The van der Waals surface area contributed by atoms with Crippen LogP contribution in [-0.2, 0) is 11.3 Å². The summed E-state index contributed by atoms with van der Waals surface area (Å²) in [4.78, 5) is 11.9. The molecule has 0 saturated carbocycles. The fourth-order valence-electron chi connectivity index (χ4n) is 2.00. The largest absolute Gasteiger partial charge is 0.346 e. The van der Waals surface area contributed by atoms with Gasteiger partial charge in [-0.2, -0.15) is 0 Å². The summed E-state index contributed by atoms with van der Waals surface area (Å²) in [6, 6.07) is 7.88. The molecule has 18 heavy (non-hydrogen) atoms. The third-order valence-electron chi connectivity index (χ3n) is 3.16. The van der Waals surface area contributed by atoms with Crippen LogP contribution >= 0.6 is 11.6 Å². The molecule has 0 spiro atoms. The summed E-state index contributed by atoms with van der Waals surface area (Å²) in [5, 5.41) is 1.85. The van der Waals surface area contributed by atoms with Gasteiger partial charge in [-0.25, -0.2) is 0 Å². The molecule has 0 unspecified atom stereocenters. The number of carbonyl (C=O) groups excluding carboxylic acids is 1. The lowest BCUT2D eigenvalue weighted by Crippen LogP contribution is -2.21. The van der Waals surface area contributed by atoms with Gasteiger partial charge in [-0.1, -0.05) is 44.5 Å². The van der Waals surface area contributed by atoms with Crippen LogP contribution in [-0.4, -0.2) is 10.4 Å². The van der Waals surface area contributed by atoms with E-state index in [1.165, 1.54) is 0 Å². The van der Waals surface area contributed by atoms with Crippen molar-refractivity contribution in [3.05, 3.63) is 35.5 Å². The van der Waals surface area contributed by atoms with Gasteiger partial charge in [-0.15, -0.1) is 0 Å². The third-order valence-corrected chi connectivity index (χ3v) is 3.46. The van der Waals surface area contributed by atoms with Crippen molar-refractivity contribution >= 4 is 28.3 Å². The number of rotatable bonds is 3. The number of Topliss-reactive ketones (excluding diaryl/α,β-unsaturated/α-hetero) is 1. The molecule has 0 saturated heterocycles. The topological polar surface area (TPSA) is 22.0 Å². The number of halogens is 1. The Bertz CT molecular complexity index is 578. The smallest absolute Gasteiger partial charge is 0.139 e. The second-order valence-electron chi connectivity index (χ2n) is 5.61. The van der Waals surface area contributed by atoms with Crippen molar-refractivity contribution < 1.29 is 4.79 Å². The first-order chi connectivity index (χ1) is 8.39. The standard InChI is InChI=1S/C15H18ClNO/c1-15(2,3)13(18)8-10-17-9-7-11-5-4-6-12(16)14(11)17/h4-7,9H,8,10H2,1-3H3. The summed E-state index contributed by atoms with van der Waals surface area (Å²) in [6.07, 6.45) is 2.53. The molecule has 1 aromatic heterocycles. The van der Waals surface area contributed by atoms with E-state index in [4.69, 9.17) is 11.6 Å². The molecule has 0 bridgehead atoms. The van der Waals surface area contributed by atoms with Crippen molar-refractivity contribution in [2.45, 2.75) is 33.7 Å². The zero-order valence-electron chi connectivity index (χ0n) is 11.0. The van der Waals surface area contributed by atoms with Crippen LogP contribution in [0.15, 0.2) is 30.5 Å². The Kier molecular flexibility index (Phi) is 3.49. The Morgan fingerprint density at radius 3 is 2.67 bits per heavy atom. The lowest BCUT2D eigenvalue weighted by atomic mass is 9.89. The van der Waals surface area contributed by atoms with Crippen molar-refractivity contribution in [1.29, 1.82) is 0 Å². The van der Waals surface area contributed by atoms with Crippen molar-refractivity contribution in [3.63, 3.8) is 0 Å². The molecular formula is C15H18ClNO. The summed E-state index contributed by atoms with van der Waals surface area (Å²) in [5.74, 6) is 0.274. The fourth-order valence-corrected chi connectivity index (χ4v) is 2.29. The first-order valence-corrected chi connectivity index (χ1v) is 6.54. The molecule has 0 aliphatic rings. The first-order valence-electron chi connectivity index (χ1n) is 6.16. The Hall–Kier alpha value is -1.28. The van der Waals surface area contributed by atoms with Crippen LogP contribution in [0, 0.1) is 5.41 Å². The monoisotopic (exact) mass is 263 g/mol. The highest BCUT2D eigenvalue weighted by Gasteiger charge is 2.20. The van der Waals surface area contributed by atoms with Crippen LogP contribution in [0.25, 0.3) is 10.9 Å². The molecule has 2 rings (SSSR count). The minimum atomic E-state index is -0.271. The van der Waals surface area contributed by atoms with Crippen LogP contribution in [0.4, 0.5) is 0 Å². The van der Waals surface area contributed by atoms with Crippen molar-refractivity contribution in [2.75, 3.05) is 0 Å². The first kappa shape index (κ1) is 13.2. The molecule has 0 fully saturated rings. The summed E-state index contributed by atoms with van der Waals surface area (Å²) in [7, 11) is 0. The molecule has 0 amide bonds. The van der Waals surface area contributed by atoms with Gasteiger partial charge in [0.25, 0.3) is 0 Å². The maximum atomic E-state index is 11.9. The zero-order valence-corrected chi connectivity index (χ0v) is 11.8. The fraction of sp³-hybridized carbons (Fsp3) is 0.400. The summed E-state index contributed by atoms with van der Waals surface area (Å²) in [6.45, 7) is 6.55. The van der Waals surface area contributed by atoms with E-state index in [1.54, 1.807) is 0 Å². The number of hydrogen-bond acceptors (Lipinski definition) is 1. The van der Waals surface area contributed by atoms with E-state index < -0.39 is 0 Å². The van der Waals surface area contributed by atoms with Crippen LogP contribution in [0.3, 0.4) is 0 Å². The molecule has 96 valence electrons. The van der Waals surface area contributed by atoms with Crippen LogP contribution in [0.2, 0.25) is 5.02 Å². The number of aromatic nitrogens is 1. The molecule has 1 aromatic carbocycles. The Balaban J connectivity index is 2.21. The average molecular weight is 264 g/mol. The Morgan fingerprint density at radius 2 is 2.00 bits per heavy atom. The van der Waals surface area contributed by atoms with E-state index in [9.17, 15) is 4.79 Å². The minimum absolute atomic E-state index is 0.271. The molecule has 1 heterocycles. The highest BCUT2D eigenvalue weighted by atomic mass is 35.5. The lowest BCUT2D eigenvalue weighted by molar-refractivity contribution is -0.126. The molecule has 0 aliphatic carbocycles. The van der Waals surface area contributed by atoms with Crippen molar-refractivity contribution in [1.82, 2.24) is 4.57 Å².